The number of thiophene rings is 1. The molecule has 0 saturated heterocycles. The summed E-state index contributed by atoms with van der Waals surface area (Å²) in [6.45, 7) is 0. The Bertz CT molecular complexity index is 1500. The molecular formula is C20H11FN8S. The Morgan fingerprint density at radius 2 is 1.83 bits per heavy atom. The molecule has 0 unspecified atom stereocenters. The van der Waals surface area contributed by atoms with Crippen LogP contribution in [0.25, 0.3) is 55.2 Å². The molecule has 6 aromatic rings. The predicted octanol–water partition coefficient (Wildman–Crippen LogP) is 4.22. The molecule has 0 atom stereocenters. The monoisotopic (exact) mass is 414 g/mol. The molecule has 0 aliphatic carbocycles. The topological polar surface area (TPSA) is 109 Å². The highest BCUT2D eigenvalue weighted by atomic mass is 32.1. The predicted molar refractivity (Wildman–Crippen MR) is 111 cm³/mol. The molecule has 6 heterocycles. The van der Waals surface area contributed by atoms with Crippen LogP contribution in [0.1, 0.15) is 0 Å². The van der Waals surface area contributed by atoms with Gasteiger partial charge in [-0.2, -0.15) is 5.10 Å². The number of H-pyrrole nitrogens is 2. The van der Waals surface area contributed by atoms with Crippen molar-refractivity contribution in [2.75, 3.05) is 0 Å². The van der Waals surface area contributed by atoms with Crippen molar-refractivity contribution in [3.63, 3.8) is 0 Å². The van der Waals surface area contributed by atoms with Crippen LogP contribution in [0.3, 0.4) is 0 Å². The normalized spacial score (nSPS) is 11.5. The smallest absolute Gasteiger partial charge is 0.161 e. The zero-order chi connectivity index (χ0) is 20.1. The largest absolute Gasteiger partial charge is 0.335 e. The summed E-state index contributed by atoms with van der Waals surface area (Å²) in [5.74, 6) is -0.0643. The van der Waals surface area contributed by atoms with Crippen molar-refractivity contribution >= 4 is 33.3 Å². The molecule has 0 aromatic carbocycles. The summed E-state index contributed by atoms with van der Waals surface area (Å²) in [6, 6.07) is 3.99. The van der Waals surface area contributed by atoms with Crippen LogP contribution < -0.4 is 0 Å². The van der Waals surface area contributed by atoms with E-state index in [-0.39, 0.29) is 5.69 Å². The molecule has 6 rings (SSSR count). The number of hydrogen-bond acceptors (Lipinski definition) is 7. The Morgan fingerprint density at radius 3 is 2.67 bits per heavy atom. The molecule has 0 spiro atoms. The van der Waals surface area contributed by atoms with Crippen LogP contribution in [0.5, 0.6) is 0 Å². The zero-order valence-electron chi connectivity index (χ0n) is 15.2. The second-order valence-corrected chi connectivity index (χ2v) is 7.50. The van der Waals surface area contributed by atoms with E-state index in [0.29, 0.717) is 28.0 Å². The minimum atomic E-state index is -0.511. The highest BCUT2D eigenvalue weighted by Crippen LogP contribution is 2.34. The van der Waals surface area contributed by atoms with Gasteiger partial charge < -0.3 is 4.98 Å². The lowest BCUT2D eigenvalue weighted by atomic mass is 10.1. The first-order chi connectivity index (χ1) is 14.8. The van der Waals surface area contributed by atoms with E-state index < -0.39 is 5.82 Å². The molecule has 30 heavy (non-hydrogen) atoms. The van der Waals surface area contributed by atoms with Gasteiger partial charge in [-0.05, 0) is 11.4 Å². The van der Waals surface area contributed by atoms with Gasteiger partial charge in [-0.1, -0.05) is 6.07 Å². The molecular weight excluding hydrogens is 403 g/mol. The third-order valence-corrected chi connectivity index (χ3v) is 5.69. The Hall–Kier alpha value is -4.05. The number of nitrogens with one attached hydrogen (secondary N) is 2. The van der Waals surface area contributed by atoms with Crippen molar-refractivity contribution in [3.05, 3.63) is 60.6 Å². The summed E-state index contributed by atoms with van der Waals surface area (Å²) >= 11 is 1.61. The molecule has 0 radical (unpaired) electrons. The molecule has 10 heteroatoms. The molecule has 2 N–H and O–H groups in total. The van der Waals surface area contributed by atoms with E-state index in [0.717, 1.165) is 21.5 Å². The Labute approximate surface area is 171 Å². The summed E-state index contributed by atoms with van der Waals surface area (Å²) in [6.07, 6.45) is 9.44. The van der Waals surface area contributed by atoms with Crippen molar-refractivity contribution in [1.29, 1.82) is 0 Å². The lowest BCUT2D eigenvalue weighted by molar-refractivity contribution is 0.638. The average molecular weight is 414 g/mol. The average Bonchev–Trinajstić information content (AvgIpc) is 3.53. The first-order valence-electron chi connectivity index (χ1n) is 8.95. The number of fused-ring (bicyclic) bond motifs is 2. The Balaban J connectivity index is 1.57. The Kier molecular flexibility index (Phi) is 3.65. The van der Waals surface area contributed by atoms with Gasteiger partial charge in [0.15, 0.2) is 11.6 Å². The van der Waals surface area contributed by atoms with Crippen LogP contribution in [0, 0.1) is 5.82 Å². The molecule has 0 fully saturated rings. The maximum absolute atomic E-state index is 15.5. The van der Waals surface area contributed by atoms with Crippen LogP contribution >= 0.6 is 11.3 Å². The van der Waals surface area contributed by atoms with Gasteiger partial charge in [-0.15, -0.1) is 11.3 Å². The molecule has 0 aliphatic heterocycles. The fraction of sp³-hybridized carbons (Fsp3) is 0. The third-order valence-electron chi connectivity index (χ3n) is 4.78. The van der Waals surface area contributed by atoms with Gasteiger partial charge in [0.2, 0.25) is 0 Å². The maximum atomic E-state index is 15.5. The van der Waals surface area contributed by atoms with E-state index >= 15 is 4.39 Å². The number of pyridine rings is 2. The number of imidazole rings is 1. The minimum Gasteiger partial charge on any atom is -0.335 e. The summed E-state index contributed by atoms with van der Waals surface area (Å²) < 4.78 is 15.5. The second kappa shape index (κ2) is 6.49. The highest BCUT2D eigenvalue weighted by Gasteiger charge is 2.21. The number of rotatable bonds is 3. The van der Waals surface area contributed by atoms with Gasteiger partial charge in [0.05, 0.1) is 28.8 Å². The van der Waals surface area contributed by atoms with Crippen molar-refractivity contribution in [1.82, 2.24) is 40.1 Å². The van der Waals surface area contributed by atoms with Crippen LogP contribution in [-0.4, -0.2) is 40.1 Å². The van der Waals surface area contributed by atoms with Gasteiger partial charge >= 0.3 is 0 Å². The SMILES string of the molecule is Fc1c(-c2cncnc2)ncc2[nH]nc(-c3nc4c(-c5cccs5)cncc4[nH]3)c12. The summed E-state index contributed by atoms with van der Waals surface area (Å²) in [7, 11) is 0. The van der Waals surface area contributed by atoms with Crippen LogP contribution in [-0.2, 0) is 0 Å². The van der Waals surface area contributed by atoms with Crippen molar-refractivity contribution < 1.29 is 4.39 Å². The standard InChI is InChI=1S/C20H11FN8S/c21-16-15-12(8-25-17(16)10-4-23-9-24-5-10)28-29-19(15)20-26-13-7-22-6-11(18(13)27-20)14-2-1-3-30-14/h1-9H,(H,26,27)(H,28,29). The minimum absolute atomic E-state index is 0.155. The molecule has 6 aromatic heterocycles. The van der Waals surface area contributed by atoms with Crippen LogP contribution in [0.4, 0.5) is 4.39 Å². The summed E-state index contributed by atoms with van der Waals surface area (Å²) in [5.41, 5.74) is 3.90. The fourth-order valence-electron chi connectivity index (χ4n) is 3.43. The summed E-state index contributed by atoms with van der Waals surface area (Å²) in [4.78, 5) is 25.4. The van der Waals surface area contributed by atoms with E-state index in [9.17, 15) is 0 Å². The number of nitrogens with zero attached hydrogens (tertiary/aromatic N) is 6. The number of aromatic amines is 2. The number of hydrogen-bond donors (Lipinski definition) is 2. The van der Waals surface area contributed by atoms with E-state index in [1.165, 1.54) is 18.7 Å². The number of aromatic nitrogens is 8. The van der Waals surface area contributed by atoms with E-state index in [1.807, 2.05) is 17.5 Å². The van der Waals surface area contributed by atoms with Gasteiger partial charge in [0.1, 0.15) is 23.2 Å². The van der Waals surface area contributed by atoms with Gasteiger partial charge in [0.25, 0.3) is 0 Å². The van der Waals surface area contributed by atoms with E-state index in [2.05, 4.69) is 35.1 Å². The lowest BCUT2D eigenvalue weighted by Gasteiger charge is -2.03. The van der Waals surface area contributed by atoms with Gasteiger partial charge in [0, 0.05) is 34.6 Å². The van der Waals surface area contributed by atoms with Crippen LogP contribution in [0.2, 0.25) is 0 Å². The van der Waals surface area contributed by atoms with Crippen molar-refractivity contribution in [2.45, 2.75) is 0 Å². The quantitative estimate of drug-likeness (QED) is 0.449. The van der Waals surface area contributed by atoms with Crippen molar-refractivity contribution in [3.8, 4) is 33.2 Å². The molecule has 0 saturated carbocycles. The van der Waals surface area contributed by atoms with E-state index in [4.69, 9.17) is 4.98 Å². The Morgan fingerprint density at radius 1 is 0.933 bits per heavy atom. The molecule has 144 valence electrons. The molecule has 0 amide bonds. The highest BCUT2D eigenvalue weighted by molar-refractivity contribution is 7.13. The first-order valence-corrected chi connectivity index (χ1v) is 9.83. The molecule has 0 aliphatic rings. The second-order valence-electron chi connectivity index (χ2n) is 6.55. The number of halogens is 1. The van der Waals surface area contributed by atoms with Crippen LogP contribution in [0.15, 0.2) is 54.8 Å². The van der Waals surface area contributed by atoms with Crippen molar-refractivity contribution in [2.24, 2.45) is 0 Å². The van der Waals surface area contributed by atoms with E-state index in [1.54, 1.807) is 29.9 Å². The maximum Gasteiger partial charge on any atom is 0.161 e. The van der Waals surface area contributed by atoms with Gasteiger partial charge in [-0.3, -0.25) is 15.1 Å². The fourth-order valence-corrected chi connectivity index (χ4v) is 4.16. The zero-order valence-corrected chi connectivity index (χ0v) is 16.0. The van der Waals surface area contributed by atoms with Gasteiger partial charge in [-0.25, -0.2) is 19.3 Å². The molecule has 0 bridgehead atoms. The lowest BCUT2D eigenvalue weighted by Crippen LogP contribution is -1.93. The first kappa shape index (κ1) is 16.9. The summed E-state index contributed by atoms with van der Waals surface area (Å²) in [5, 5.41) is 9.44. The third kappa shape index (κ3) is 2.51. The molecule has 8 nitrogen and oxygen atoms in total.